The second-order valence-corrected chi connectivity index (χ2v) is 4.36. The SMILES string of the molecule is O=C(COc1ccc(Cl)cc1)NCCc1ccco1. The van der Waals surface area contributed by atoms with Crippen LogP contribution in [0.1, 0.15) is 5.76 Å². The average Bonchev–Trinajstić information content (AvgIpc) is 2.91. The first-order valence-electron chi connectivity index (χ1n) is 5.91. The van der Waals surface area contributed by atoms with Crippen molar-refractivity contribution in [2.24, 2.45) is 0 Å². The molecule has 0 bridgehead atoms. The molecule has 0 aliphatic heterocycles. The van der Waals surface area contributed by atoms with E-state index < -0.39 is 0 Å². The molecule has 1 heterocycles. The molecule has 1 N–H and O–H groups in total. The first-order chi connectivity index (χ1) is 9.24. The highest BCUT2D eigenvalue weighted by Gasteiger charge is 2.03. The van der Waals surface area contributed by atoms with Gasteiger partial charge in [0.05, 0.1) is 6.26 Å². The Labute approximate surface area is 116 Å². The minimum Gasteiger partial charge on any atom is -0.484 e. The van der Waals surface area contributed by atoms with Crippen LogP contribution in [0.4, 0.5) is 0 Å². The van der Waals surface area contributed by atoms with Gasteiger partial charge >= 0.3 is 0 Å². The smallest absolute Gasteiger partial charge is 0.257 e. The first-order valence-corrected chi connectivity index (χ1v) is 6.29. The molecule has 0 spiro atoms. The minimum atomic E-state index is -0.165. The van der Waals surface area contributed by atoms with E-state index in [0.29, 0.717) is 23.7 Å². The van der Waals surface area contributed by atoms with Crippen LogP contribution in [0.3, 0.4) is 0 Å². The fraction of sp³-hybridized carbons (Fsp3) is 0.214. The summed E-state index contributed by atoms with van der Waals surface area (Å²) in [6, 6.07) is 10.6. The molecule has 5 heteroatoms. The number of carbonyl (C=O) groups is 1. The van der Waals surface area contributed by atoms with E-state index in [1.54, 1.807) is 30.5 Å². The quantitative estimate of drug-likeness (QED) is 0.884. The Hall–Kier alpha value is -1.94. The number of carbonyl (C=O) groups excluding carboxylic acids is 1. The van der Waals surface area contributed by atoms with E-state index in [0.717, 1.165) is 5.76 Å². The number of hydrogen-bond acceptors (Lipinski definition) is 3. The normalized spacial score (nSPS) is 10.2. The molecule has 0 aliphatic rings. The zero-order valence-corrected chi connectivity index (χ0v) is 11.0. The van der Waals surface area contributed by atoms with E-state index in [4.69, 9.17) is 20.8 Å². The van der Waals surface area contributed by atoms with Gasteiger partial charge in [-0.15, -0.1) is 0 Å². The third-order valence-corrected chi connectivity index (χ3v) is 2.71. The van der Waals surface area contributed by atoms with Crippen molar-refractivity contribution in [2.45, 2.75) is 6.42 Å². The molecule has 0 atom stereocenters. The molecule has 0 radical (unpaired) electrons. The van der Waals surface area contributed by atoms with Crippen molar-refractivity contribution in [3.05, 3.63) is 53.4 Å². The van der Waals surface area contributed by atoms with Crippen LogP contribution < -0.4 is 10.1 Å². The van der Waals surface area contributed by atoms with Crippen molar-refractivity contribution in [1.29, 1.82) is 0 Å². The third-order valence-electron chi connectivity index (χ3n) is 2.46. The number of halogens is 1. The summed E-state index contributed by atoms with van der Waals surface area (Å²) in [5.41, 5.74) is 0. The second kappa shape index (κ2) is 6.85. The Morgan fingerprint density at radius 2 is 2.05 bits per heavy atom. The van der Waals surface area contributed by atoms with Crippen molar-refractivity contribution < 1.29 is 13.9 Å². The van der Waals surface area contributed by atoms with E-state index in [9.17, 15) is 4.79 Å². The number of furan rings is 1. The van der Waals surface area contributed by atoms with Gasteiger partial charge in [-0.05, 0) is 36.4 Å². The summed E-state index contributed by atoms with van der Waals surface area (Å²) in [7, 11) is 0. The fourth-order valence-corrected chi connectivity index (χ4v) is 1.64. The van der Waals surface area contributed by atoms with Crippen molar-refractivity contribution >= 4 is 17.5 Å². The summed E-state index contributed by atoms with van der Waals surface area (Å²) >= 11 is 5.75. The van der Waals surface area contributed by atoms with Crippen LogP contribution >= 0.6 is 11.6 Å². The van der Waals surface area contributed by atoms with Crippen LogP contribution in [0.15, 0.2) is 47.1 Å². The molecule has 0 fully saturated rings. The Kier molecular flexibility index (Phi) is 4.86. The molecule has 0 aliphatic carbocycles. The Morgan fingerprint density at radius 1 is 1.26 bits per heavy atom. The number of amides is 1. The van der Waals surface area contributed by atoms with E-state index in [2.05, 4.69) is 5.32 Å². The van der Waals surface area contributed by atoms with Crippen molar-refractivity contribution in [3.63, 3.8) is 0 Å². The van der Waals surface area contributed by atoms with Crippen LogP contribution in [0.25, 0.3) is 0 Å². The molecule has 19 heavy (non-hydrogen) atoms. The van der Waals surface area contributed by atoms with Gasteiger partial charge in [0.1, 0.15) is 11.5 Å². The van der Waals surface area contributed by atoms with E-state index in [1.165, 1.54) is 0 Å². The largest absolute Gasteiger partial charge is 0.484 e. The molecule has 2 rings (SSSR count). The zero-order valence-electron chi connectivity index (χ0n) is 10.3. The maximum absolute atomic E-state index is 11.5. The van der Waals surface area contributed by atoms with Crippen LogP contribution in [-0.2, 0) is 11.2 Å². The molecule has 0 unspecified atom stereocenters. The number of rotatable bonds is 6. The molecule has 1 aromatic heterocycles. The van der Waals surface area contributed by atoms with Crippen molar-refractivity contribution in [3.8, 4) is 5.75 Å². The summed E-state index contributed by atoms with van der Waals surface area (Å²) in [5.74, 6) is 1.30. The lowest BCUT2D eigenvalue weighted by Crippen LogP contribution is -2.30. The van der Waals surface area contributed by atoms with Crippen molar-refractivity contribution in [1.82, 2.24) is 5.32 Å². The highest BCUT2D eigenvalue weighted by molar-refractivity contribution is 6.30. The Balaban J connectivity index is 1.65. The van der Waals surface area contributed by atoms with Crippen molar-refractivity contribution in [2.75, 3.05) is 13.2 Å². The van der Waals surface area contributed by atoms with Crippen LogP contribution in [0.5, 0.6) is 5.75 Å². The van der Waals surface area contributed by atoms with Gasteiger partial charge in [0.2, 0.25) is 0 Å². The lowest BCUT2D eigenvalue weighted by Gasteiger charge is -2.06. The summed E-state index contributed by atoms with van der Waals surface area (Å²) in [5, 5.41) is 3.39. The van der Waals surface area contributed by atoms with Gasteiger partial charge in [0.25, 0.3) is 5.91 Å². The predicted molar refractivity (Wildman–Crippen MR) is 72.4 cm³/mol. The second-order valence-electron chi connectivity index (χ2n) is 3.92. The van der Waals surface area contributed by atoms with Crippen LogP contribution in [-0.4, -0.2) is 19.1 Å². The first kappa shape index (κ1) is 13.5. The van der Waals surface area contributed by atoms with Gasteiger partial charge in [0, 0.05) is 18.0 Å². The number of nitrogens with one attached hydrogen (secondary N) is 1. The van der Waals surface area contributed by atoms with Crippen LogP contribution in [0.2, 0.25) is 5.02 Å². The van der Waals surface area contributed by atoms with Gasteiger partial charge in [-0.2, -0.15) is 0 Å². The molecule has 1 amide bonds. The standard InChI is InChI=1S/C14H14ClNO3/c15-11-3-5-13(6-4-11)19-10-14(17)16-8-7-12-2-1-9-18-12/h1-6,9H,7-8,10H2,(H,16,17). The third kappa shape index (κ3) is 4.67. The molecule has 1 aromatic carbocycles. The number of benzene rings is 1. The molecular weight excluding hydrogens is 266 g/mol. The predicted octanol–water partition coefficient (Wildman–Crippen LogP) is 2.67. The monoisotopic (exact) mass is 279 g/mol. The minimum absolute atomic E-state index is 0.0141. The lowest BCUT2D eigenvalue weighted by molar-refractivity contribution is -0.123. The topological polar surface area (TPSA) is 51.5 Å². The maximum atomic E-state index is 11.5. The Morgan fingerprint density at radius 3 is 2.74 bits per heavy atom. The number of ether oxygens (including phenoxy) is 1. The summed E-state index contributed by atoms with van der Waals surface area (Å²) < 4.78 is 10.5. The number of hydrogen-bond donors (Lipinski definition) is 1. The molecule has 100 valence electrons. The summed E-state index contributed by atoms with van der Waals surface area (Å²) in [6.45, 7) is 0.510. The van der Waals surface area contributed by atoms with E-state index in [1.807, 2.05) is 12.1 Å². The van der Waals surface area contributed by atoms with Gasteiger partial charge in [-0.25, -0.2) is 0 Å². The Bertz CT molecular complexity index is 508. The lowest BCUT2D eigenvalue weighted by atomic mass is 10.3. The maximum Gasteiger partial charge on any atom is 0.257 e. The van der Waals surface area contributed by atoms with E-state index in [-0.39, 0.29) is 12.5 Å². The average molecular weight is 280 g/mol. The zero-order chi connectivity index (χ0) is 13.5. The highest BCUT2D eigenvalue weighted by atomic mass is 35.5. The molecule has 2 aromatic rings. The highest BCUT2D eigenvalue weighted by Crippen LogP contribution is 2.15. The van der Waals surface area contributed by atoms with Gasteiger partial charge in [-0.3, -0.25) is 4.79 Å². The van der Waals surface area contributed by atoms with Gasteiger partial charge < -0.3 is 14.5 Å². The van der Waals surface area contributed by atoms with E-state index >= 15 is 0 Å². The molecule has 0 saturated heterocycles. The summed E-state index contributed by atoms with van der Waals surface area (Å²) in [4.78, 5) is 11.5. The molecule has 4 nitrogen and oxygen atoms in total. The fourth-order valence-electron chi connectivity index (χ4n) is 1.51. The molecular formula is C14H14ClNO3. The van der Waals surface area contributed by atoms with Crippen LogP contribution in [0, 0.1) is 0 Å². The molecule has 0 saturated carbocycles. The summed E-state index contributed by atoms with van der Waals surface area (Å²) in [6.07, 6.45) is 2.28. The van der Waals surface area contributed by atoms with Gasteiger partial charge in [-0.1, -0.05) is 11.6 Å². The van der Waals surface area contributed by atoms with Gasteiger partial charge in [0.15, 0.2) is 6.61 Å².